The van der Waals surface area contributed by atoms with E-state index in [1.54, 1.807) is 0 Å². The van der Waals surface area contributed by atoms with Gasteiger partial charge in [0.15, 0.2) is 0 Å². The molecule has 4 saturated carbocycles. The zero-order valence-corrected chi connectivity index (χ0v) is 19.4. The summed E-state index contributed by atoms with van der Waals surface area (Å²) in [5, 5.41) is 10.3. The number of aliphatic hydroxyl groups is 1. The monoisotopic (exact) mass is 413 g/mol. The molecule has 0 spiro atoms. The van der Waals surface area contributed by atoms with Crippen molar-refractivity contribution in [3.05, 3.63) is 0 Å². The van der Waals surface area contributed by atoms with Gasteiger partial charge in [0.1, 0.15) is 5.78 Å². The van der Waals surface area contributed by atoms with Crippen LogP contribution in [0.3, 0.4) is 0 Å². The molecule has 6 rings (SSSR count). The lowest BCUT2D eigenvalue weighted by atomic mass is 9.51. The third-order valence-electron chi connectivity index (χ3n) is 11.8. The van der Waals surface area contributed by atoms with Gasteiger partial charge in [-0.15, -0.1) is 0 Å². The molecule has 0 aromatic heterocycles. The fraction of sp³-hybridized carbons (Fsp3) is 0.963. The summed E-state index contributed by atoms with van der Waals surface area (Å²) in [6.45, 7) is 10.1. The topological polar surface area (TPSA) is 40.5 Å². The SMILES string of the molecule is CC1[C@H]2CC[C@@H]3[C@@H](C[C@H]4[C@H]3CC(=O)[C@H]3C[C@@H](O)CC[C@@]34C)[C@@H]2CN2C[C@H](C)CC[C@@H]12. The number of hydrogen-bond acceptors (Lipinski definition) is 3. The molecule has 0 aromatic rings. The molecule has 2 aliphatic heterocycles. The van der Waals surface area contributed by atoms with E-state index in [2.05, 4.69) is 25.7 Å². The predicted octanol–water partition coefficient (Wildman–Crippen LogP) is 4.77. The first kappa shape index (κ1) is 20.2. The fourth-order valence-corrected chi connectivity index (χ4v) is 10.3. The summed E-state index contributed by atoms with van der Waals surface area (Å²) in [5.41, 5.74) is 0.161. The number of carbonyl (C=O) groups excluding carboxylic acids is 1. The maximum Gasteiger partial charge on any atom is 0.136 e. The first-order valence-electron chi connectivity index (χ1n) is 13.3. The van der Waals surface area contributed by atoms with Crippen molar-refractivity contribution < 1.29 is 9.90 Å². The van der Waals surface area contributed by atoms with Crippen LogP contribution in [-0.4, -0.2) is 41.0 Å². The summed E-state index contributed by atoms with van der Waals surface area (Å²) in [4.78, 5) is 16.1. The molecule has 4 aliphatic carbocycles. The molecule has 1 N–H and O–H groups in total. The molecule has 0 aromatic carbocycles. The van der Waals surface area contributed by atoms with E-state index in [9.17, 15) is 9.90 Å². The Labute approximate surface area is 183 Å². The molecular weight excluding hydrogens is 370 g/mol. The van der Waals surface area contributed by atoms with Crippen molar-refractivity contribution in [2.45, 2.75) is 90.7 Å². The lowest BCUT2D eigenvalue weighted by Crippen LogP contribution is -2.58. The van der Waals surface area contributed by atoms with Crippen molar-refractivity contribution in [3.63, 3.8) is 0 Å². The fourth-order valence-electron chi connectivity index (χ4n) is 10.3. The van der Waals surface area contributed by atoms with E-state index in [4.69, 9.17) is 0 Å². The average molecular weight is 414 g/mol. The highest BCUT2D eigenvalue weighted by atomic mass is 16.3. The van der Waals surface area contributed by atoms with Gasteiger partial charge in [-0.2, -0.15) is 0 Å². The Morgan fingerprint density at radius 2 is 1.70 bits per heavy atom. The first-order chi connectivity index (χ1) is 14.4. The van der Waals surface area contributed by atoms with Gasteiger partial charge in [-0.1, -0.05) is 20.8 Å². The second-order valence-corrected chi connectivity index (χ2v) is 13.0. The Kier molecular flexibility index (Phi) is 4.75. The normalized spacial score (nSPS) is 58.3. The highest BCUT2D eigenvalue weighted by Gasteiger charge is 2.62. The van der Waals surface area contributed by atoms with Gasteiger partial charge in [-0.25, -0.2) is 0 Å². The quantitative estimate of drug-likeness (QED) is 0.622. The van der Waals surface area contributed by atoms with Gasteiger partial charge in [-0.05, 0) is 104 Å². The van der Waals surface area contributed by atoms with Gasteiger partial charge in [0.05, 0.1) is 6.10 Å². The summed E-state index contributed by atoms with van der Waals surface area (Å²) in [6.07, 6.45) is 10.3. The predicted molar refractivity (Wildman–Crippen MR) is 119 cm³/mol. The Morgan fingerprint density at radius 3 is 2.53 bits per heavy atom. The summed E-state index contributed by atoms with van der Waals surface area (Å²) in [6, 6.07) is 0.839. The maximum atomic E-state index is 13.2. The summed E-state index contributed by atoms with van der Waals surface area (Å²) < 4.78 is 0. The summed E-state index contributed by atoms with van der Waals surface area (Å²) in [5.74, 6) is 7.19. The molecule has 30 heavy (non-hydrogen) atoms. The second kappa shape index (κ2) is 7.04. The van der Waals surface area contributed by atoms with Crippen LogP contribution in [0.1, 0.15) is 78.6 Å². The van der Waals surface area contributed by atoms with Gasteiger partial charge >= 0.3 is 0 Å². The molecule has 2 saturated heterocycles. The Balaban J connectivity index is 1.28. The molecule has 0 bridgehead atoms. The van der Waals surface area contributed by atoms with Gasteiger partial charge in [-0.3, -0.25) is 9.69 Å². The summed E-state index contributed by atoms with van der Waals surface area (Å²) >= 11 is 0. The molecule has 12 atom stereocenters. The number of rotatable bonds is 0. The van der Waals surface area contributed by atoms with Crippen molar-refractivity contribution in [1.82, 2.24) is 4.90 Å². The van der Waals surface area contributed by atoms with E-state index in [1.807, 2.05) is 0 Å². The van der Waals surface area contributed by atoms with Crippen LogP contribution < -0.4 is 0 Å². The van der Waals surface area contributed by atoms with Crippen molar-refractivity contribution in [1.29, 1.82) is 0 Å². The highest BCUT2D eigenvalue weighted by molar-refractivity contribution is 5.83. The number of nitrogens with zero attached hydrogens (tertiary/aromatic N) is 1. The van der Waals surface area contributed by atoms with E-state index in [-0.39, 0.29) is 17.4 Å². The number of piperidine rings is 2. The Morgan fingerprint density at radius 1 is 0.900 bits per heavy atom. The second-order valence-electron chi connectivity index (χ2n) is 13.0. The van der Waals surface area contributed by atoms with E-state index in [0.29, 0.717) is 11.7 Å². The van der Waals surface area contributed by atoms with Crippen molar-refractivity contribution in [2.75, 3.05) is 13.1 Å². The van der Waals surface area contributed by atoms with Crippen molar-refractivity contribution >= 4 is 5.78 Å². The molecule has 1 unspecified atom stereocenters. The standard InChI is InChI=1S/C27H43NO2/c1-15-4-7-25-16(2)18-5-6-19-20(22(18)14-28(25)13-15)11-23-21(19)12-26(30)24-10-17(29)8-9-27(23,24)3/h15-25,29H,4-14H2,1-3H3/t15-,16?,17+,18-,19-,20-,21+,22-,23+,24-,25+,27-/m1/s1. The zero-order chi connectivity index (χ0) is 20.8. The minimum absolute atomic E-state index is 0.135. The lowest BCUT2D eigenvalue weighted by Gasteiger charge is -2.56. The zero-order valence-electron chi connectivity index (χ0n) is 19.4. The van der Waals surface area contributed by atoms with Crippen LogP contribution in [0, 0.1) is 58.7 Å². The molecule has 0 amide bonds. The van der Waals surface area contributed by atoms with Gasteiger partial charge in [0, 0.05) is 31.5 Å². The first-order valence-corrected chi connectivity index (χ1v) is 13.3. The van der Waals surface area contributed by atoms with Crippen LogP contribution in [-0.2, 0) is 4.79 Å². The lowest BCUT2D eigenvalue weighted by molar-refractivity contribution is -0.145. The van der Waals surface area contributed by atoms with Gasteiger partial charge in [0.25, 0.3) is 0 Å². The number of Topliss-reactive ketones (excluding diaryl/α,β-unsaturated/α-hetero) is 1. The van der Waals surface area contributed by atoms with Crippen LogP contribution >= 0.6 is 0 Å². The van der Waals surface area contributed by atoms with Gasteiger partial charge < -0.3 is 5.11 Å². The van der Waals surface area contributed by atoms with Crippen molar-refractivity contribution in [2.24, 2.45) is 58.7 Å². The molecule has 2 heterocycles. The Hall–Kier alpha value is -0.410. The van der Waals surface area contributed by atoms with Crippen LogP contribution in [0.5, 0.6) is 0 Å². The van der Waals surface area contributed by atoms with E-state index in [1.165, 1.54) is 45.2 Å². The third kappa shape index (κ3) is 2.79. The minimum Gasteiger partial charge on any atom is -0.393 e. The van der Waals surface area contributed by atoms with Crippen LogP contribution in [0.4, 0.5) is 0 Å². The Bertz CT molecular complexity index is 705. The number of fused-ring (bicyclic) bond motifs is 8. The molecular formula is C27H43NO2. The van der Waals surface area contributed by atoms with Crippen LogP contribution in [0.2, 0.25) is 0 Å². The van der Waals surface area contributed by atoms with Crippen LogP contribution in [0.15, 0.2) is 0 Å². The molecule has 6 fully saturated rings. The molecule has 3 nitrogen and oxygen atoms in total. The number of carbonyl (C=O) groups is 1. The average Bonchev–Trinajstić information content (AvgIpc) is 3.09. The molecule has 6 aliphatic rings. The number of ketones is 1. The molecule has 0 radical (unpaired) electrons. The van der Waals surface area contributed by atoms with Crippen molar-refractivity contribution in [3.8, 4) is 0 Å². The van der Waals surface area contributed by atoms with E-state index in [0.717, 1.165) is 73.2 Å². The van der Waals surface area contributed by atoms with Crippen LogP contribution in [0.25, 0.3) is 0 Å². The minimum atomic E-state index is -0.242. The van der Waals surface area contributed by atoms with E-state index >= 15 is 0 Å². The maximum absolute atomic E-state index is 13.2. The number of aliphatic hydroxyl groups excluding tert-OH is 1. The van der Waals surface area contributed by atoms with Gasteiger partial charge in [0.2, 0.25) is 0 Å². The van der Waals surface area contributed by atoms with E-state index < -0.39 is 0 Å². The molecule has 3 heteroatoms. The third-order valence-corrected chi connectivity index (χ3v) is 11.8. The summed E-state index contributed by atoms with van der Waals surface area (Å²) in [7, 11) is 0. The number of hydrogen-bond donors (Lipinski definition) is 1. The smallest absolute Gasteiger partial charge is 0.136 e. The highest BCUT2D eigenvalue weighted by Crippen LogP contribution is 2.66. The largest absolute Gasteiger partial charge is 0.393 e. The molecule has 168 valence electrons.